The summed E-state index contributed by atoms with van der Waals surface area (Å²) in [4.78, 5) is 93.2. The number of hydrogen-bond donors (Lipinski definition) is 8. The van der Waals surface area contributed by atoms with Crippen molar-refractivity contribution < 1.29 is 108 Å². The molecular formula is C60H52O22. The first-order valence-corrected chi connectivity index (χ1v) is 24.6. The normalized spacial score (nSPS) is 11.1. The minimum atomic E-state index is -1.35. The second kappa shape index (κ2) is 29.2. The molecule has 22 heteroatoms. The summed E-state index contributed by atoms with van der Waals surface area (Å²) in [5.41, 5.74) is -0.305. The third kappa shape index (κ3) is 18.9. The van der Waals surface area contributed by atoms with Crippen molar-refractivity contribution in [3.8, 4) is 34.5 Å². The molecule has 0 fully saturated rings. The Morgan fingerprint density at radius 3 is 0.622 bits per heavy atom. The molecule has 6 aromatic rings. The summed E-state index contributed by atoms with van der Waals surface area (Å²) < 4.78 is 35.2. The highest BCUT2D eigenvalue weighted by atomic mass is 16.5. The first-order valence-electron chi connectivity index (χ1n) is 24.6. The zero-order valence-corrected chi connectivity index (χ0v) is 43.2. The number of aromatic carboxylic acids is 8. The van der Waals surface area contributed by atoms with Gasteiger partial charge in [-0.05, 0) is 157 Å². The van der Waals surface area contributed by atoms with Crippen molar-refractivity contribution in [2.75, 3.05) is 13.2 Å². The fourth-order valence-corrected chi connectivity index (χ4v) is 7.62. The highest BCUT2D eigenvalue weighted by Crippen LogP contribution is 2.27. The van der Waals surface area contributed by atoms with Crippen molar-refractivity contribution in [1.29, 1.82) is 0 Å². The summed E-state index contributed by atoms with van der Waals surface area (Å²) >= 11 is 0. The first kappa shape index (κ1) is 60.3. The lowest BCUT2D eigenvalue weighted by atomic mass is 10.1. The summed E-state index contributed by atoms with van der Waals surface area (Å²) in [7, 11) is 0. The molecule has 22 nitrogen and oxygen atoms in total. The molecule has 0 saturated carbocycles. The lowest BCUT2D eigenvalue weighted by molar-refractivity contribution is 0.0675. The van der Waals surface area contributed by atoms with Gasteiger partial charge < -0.3 is 69.3 Å². The van der Waals surface area contributed by atoms with Gasteiger partial charge in [-0.1, -0.05) is 36.5 Å². The molecular weight excluding hydrogens is 1070 g/mol. The molecule has 0 aliphatic carbocycles. The maximum atomic E-state index is 11.6. The van der Waals surface area contributed by atoms with E-state index in [4.69, 9.17) is 28.4 Å². The van der Waals surface area contributed by atoms with Crippen LogP contribution in [0.3, 0.4) is 0 Å². The smallest absolute Gasteiger partial charge is 0.335 e. The van der Waals surface area contributed by atoms with Gasteiger partial charge in [0, 0.05) is 0 Å². The van der Waals surface area contributed by atoms with E-state index in [9.17, 15) is 79.2 Å². The van der Waals surface area contributed by atoms with Crippen LogP contribution in [0.2, 0.25) is 0 Å². The Hall–Kier alpha value is -10.9. The standard InChI is InChI=1S/C60H52O22/c61-53(62)39-19-40(54(63)64)24-49(23-39)79-31-35-13-36(32-80-50-25-41(55(65)66)20-42(26-50)56(67)68)16-47(15-35)77-11-9-7-5-3-1-2-4-6-8-10-12-78-48-17-37(33-81-51-27-43(57(69)70)21-44(28-51)58(71)72)14-38(18-48)34-82-52-29-45(59(73)74)22-46(30-52)60(75)76/h1-2,7-10,13-30H,3-6,11-12,31-34H2,(H,61,62)(H,63,64)(H,65,66)(H,67,68)(H,69,70)(H,71,72)(H,73,74)(H,75,76). The van der Waals surface area contributed by atoms with Gasteiger partial charge >= 0.3 is 47.8 Å². The Labute approximate surface area is 466 Å². The summed E-state index contributed by atoms with van der Waals surface area (Å²) in [6.07, 6.45) is 14.4. The first-order chi connectivity index (χ1) is 39.2. The average Bonchev–Trinajstić information content (AvgIpc) is 3.45. The van der Waals surface area contributed by atoms with Crippen molar-refractivity contribution in [2.45, 2.75) is 52.1 Å². The largest absolute Gasteiger partial charge is 0.490 e. The zero-order valence-electron chi connectivity index (χ0n) is 43.2. The molecule has 0 spiro atoms. The Morgan fingerprint density at radius 1 is 0.244 bits per heavy atom. The van der Waals surface area contributed by atoms with Gasteiger partial charge in [0.1, 0.15) is 74.1 Å². The maximum Gasteiger partial charge on any atom is 0.335 e. The Morgan fingerprint density at radius 2 is 0.427 bits per heavy atom. The van der Waals surface area contributed by atoms with Crippen molar-refractivity contribution in [1.82, 2.24) is 0 Å². The van der Waals surface area contributed by atoms with E-state index in [0.717, 1.165) is 37.1 Å². The van der Waals surface area contributed by atoms with Crippen molar-refractivity contribution in [3.05, 3.63) is 212 Å². The number of ether oxygens (including phenoxy) is 6. The SMILES string of the molecule is O=C(O)c1cc(OCc2cc(COc3cc(C(=O)O)cc(C(=O)O)c3)cc(OCC=CCCC=CCCC=CCOc3cc(COc4cc(C(=O)O)cc(C(=O)O)c4)cc(COc4cc(C(=O)O)cc(C(=O)O)c4)c3)c2)cc(C(=O)O)c1. The third-order valence-corrected chi connectivity index (χ3v) is 11.5. The quantitative estimate of drug-likeness (QED) is 0.0144. The predicted molar refractivity (Wildman–Crippen MR) is 289 cm³/mol. The maximum absolute atomic E-state index is 11.6. The molecule has 8 N–H and O–H groups in total. The molecule has 0 atom stereocenters. The molecule has 424 valence electrons. The van der Waals surface area contributed by atoms with Crippen LogP contribution in [0.5, 0.6) is 34.5 Å². The molecule has 0 aromatic heterocycles. The van der Waals surface area contributed by atoms with Gasteiger partial charge in [0.05, 0.1) is 44.5 Å². The van der Waals surface area contributed by atoms with E-state index in [1.165, 1.54) is 48.5 Å². The van der Waals surface area contributed by atoms with E-state index in [2.05, 4.69) is 0 Å². The Balaban J connectivity index is 1.02. The van der Waals surface area contributed by atoms with E-state index >= 15 is 0 Å². The zero-order chi connectivity index (χ0) is 59.3. The molecule has 0 aliphatic heterocycles. The van der Waals surface area contributed by atoms with E-state index in [1.54, 1.807) is 36.4 Å². The molecule has 0 bridgehead atoms. The number of carboxylic acid groups (broad SMARTS) is 8. The van der Waals surface area contributed by atoms with Gasteiger partial charge in [-0.15, -0.1) is 0 Å². The predicted octanol–water partition coefficient (Wildman–Crippen LogP) is 10.3. The highest BCUT2D eigenvalue weighted by Gasteiger charge is 2.18. The number of benzene rings is 6. The van der Waals surface area contributed by atoms with E-state index in [-0.39, 0.29) is 107 Å². The van der Waals surface area contributed by atoms with Gasteiger partial charge in [-0.25, -0.2) is 38.4 Å². The number of unbranched alkanes of at least 4 members (excludes halogenated alkanes) is 2. The second-order valence-corrected chi connectivity index (χ2v) is 17.7. The van der Waals surface area contributed by atoms with Crippen LogP contribution in [0.15, 0.2) is 146 Å². The van der Waals surface area contributed by atoms with E-state index in [0.29, 0.717) is 46.6 Å². The molecule has 0 saturated heterocycles. The van der Waals surface area contributed by atoms with E-state index in [1.807, 2.05) is 36.5 Å². The lowest BCUT2D eigenvalue weighted by Crippen LogP contribution is -2.06. The highest BCUT2D eigenvalue weighted by molar-refractivity contribution is 5.97. The molecule has 0 heterocycles. The van der Waals surface area contributed by atoms with Crippen LogP contribution < -0.4 is 28.4 Å². The van der Waals surface area contributed by atoms with Gasteiger partial charge in [0.15, 0.2) is 0 Å². The van der Waals surface area contributed by atoms with Gasteiger partial charge in [-0.2, -0.15) is 0 Å². The van der Waals surface area contributed by atoms with E-state index < -0.39 is 47.8 Å². The van der Waals surface area contributed by atoms with Gasteiger partial charge in [-0.3, -0.25) is 0 Å². The van der Waals surface area contributed by atoms with Crippen LogP contribution >= 0.6 is 0 Å². The molecule has 0 unspecified atom stereocenters. The minimum absolute atomic E-state index is 0.0172. The van der Waals surface area contributed by atoms with Crippen molar-refractivity contribution in [2.24, 2.45) is 0 Å². The molecule has 0 amide bonds. The third-order valence-electron chi connectivity index (χ3n) is 11.5. The monoisotopic (exact) mass is 1120 g/mol. The van der Waals surface area contributed by atoms with Crippen LogP contribution in [0, 0.1) is 0 Å². The second-order valence-electron chi connectivity index (χ2n) is 17.7. The molecule has 6 rings (SSSR count). The number of rotatable bonds is 32. The lowest BCUT2D eigenvalue weighted by Gasteiger charge is -2.14. The average molecular weight is 1130 g/mol. The van der Waals surface area contributed by atoms with Crippen LogP contribution in [0.4, 0.5) is 0 Å². The van der Waals surface area contributed by atoms with Crippen molar-refractivity contribution in [3.63, 3.8) is 0 Å². The summed E-state index contributed by atoms with van der Waals surface area (Å²) in [5.74, 6) is -10.1. The summed E-state index contributed by atoms with van der Waals surface area (Å²) in [6.45, 7) is -0.333. The topological polar surface area (TPSA) is 354 Å². The van der Waals surface area contributed by atoms with Crippen LogP contribution in [0.25, 0.3) is 0 Å². The summed E-state index contributed by atoms with van der Waals surface area (Å²) in [5, 5.41) is 75.9. The number of carboxylic acids is 8. The minimum Gasteiger partial charge on any atom is -0.490 e. The fraction of sp³-hybridized carbons (Fsp3) is 0.167. The molecule has 6 aromatic carbocycles. The van der Waals surface area contributed by atoms with Crippen LogP contribution in [-0.2, 0) is 26.4 Å². The van der Waals surface area contributed by atoms with Crippen LogP contribution in [0.1, 0.15) is 131 Å². The Bertz CT molecular complexity index is 2930. The number of hydrogen-bond acceptors (Lipinski definition) is 14. The molecule has 0 radical (unpaired) electrons. The molecule has 0 aliphatic rings. The van der Waals surface area contributed by atoms with Crippen LogP contribution in [-0.4, -0.2) is 102 Å². The molecule has 82 heavy (non-hydrogen) atoms. The number of allylic oxidation sites excluding steroid dienone is 4. The Kier molecular flexibility index (Phi) is 21.5. The summed E-state index contributed by atoms with van der Waals surface area (Å²) in [6, 6.07) is 23.4. The van der Waals surface area contributed by atoms with Gasteiger partial charge in [0.2, 0.25) is 0 Å². The number of carbonyl (C=O) groups is 8. The van der Waals surface area contributed by atoms with Crippen molar-refractivity contribution >= 4 is 47.8 Å². The fourth-order valence-electron chi connectivity index (χ4n) is 7.62. The van der Waals surface area contributed by atoms with Gasteiger partial charge in [0.25, 0.3) is 0 Å².